The second-order valence-electron chi connectivity index (χ2n) is 6.51. The summed E-state index contributed by atoms with van der Waals surface area (Å²) < 4.78 is 57.0. The van der Waals surface area contributed by atoms with E-state index in [0.717, 1.165) is 38.0 Å². The molecule has 1 heterocycles. The van der Waals surface area contributed by atoms with E-state index in [4.69, 9.17) is 4.52 Å². The quantitative estimate of drug-likeness (QED) is 0.792. The summed E-state index contributed by atoms with van der Waals surface area (Å²) in [6, 6.07) is 4.04. The van der Waals surface area contributed by atoms with Crippen molar-refractivity contribution >= 4 is 16.0 Å². The van der Waals surface area contributed by atoms with Crippen molar-refractivity contribution in [1.29, 1.82) is 0 Å². The topological polar surface area (TPSA) is 97.1 Å². The molecule has 0 saturated heterocycles. The third-order valence-corrected chi connectivity index (χ3v) is 5.12. The predicted octanol–water partition coefficient (Wildman–Crippen LogP) is 2.53. The van der Waals surface area contributed by atoms with Gasteiger partial charge in [0, 0.05) is 12.6 Å². The van der Waals surface area contributed by atoms with Gasteiger partial charge in [-0.05, 0) is 43.7 Å². The van der Waals surface area contributed by atoms with Gasteiger partial charge in [0.05, 0.1) is 11.8 Å². The molecule has 2 N–H and O–H groups in total. The Morgan fingerprint density at radius 1 is 1.23 bits per heavy atom. The van der Waals surface area contributed by atoms with Crippen LogP contribution in [0.4, 0.5) is 14.8 Å². The summed E-state index contributed by atoms with van der Waals surface area (Å²) in [6.07, 6.45) is 4.51. The molecule has 0 radical (unpaired) electrons. The van der Waals surface area contributed by atoms with Crippen LogP contribution < -0.4 is 10.0 Å². The lowest BCUT2D eigenvalue weighted by Gasteiger charge is -2.28. The number of sulfonamides is 1. The van der Waals surface area contributed by atoms with E-state index in [1.807, 2.05) is 0 Å². The fraction of sp³-hybridized carbons (Fsp3) is 0.500. The van der Waals surface area contributed by atoms with Gasteiger partial charge in [0.15, 0.2) is 11.6 Å². The largest absolute Gasteiger partial charge is 0.335 e. The molecule has 1 aliphatic rings. The highest BCUT2D eigenvalue weighted by Crippen LogP contribution is 2.27. The van der Waals surface area contributed by atoms with E-state index in [9.17, 15) is 17.2 Å². The normalized spacial score (nSPS) is 20.9. The molecule has 142 valence electrons. The van der Waals surface area contributed by atoms with Gasteiger partial charge in [0.25, 0.3) is 0 Å². The Balaban J connectivity index is 1.55. The first-order chi connectivity index (χ1) is 12.3. The molecule has 0 atom stereocenters. The van der Waals surface area contributed by atoms with Crippen LogP contribution in [-0.2, 0) is 10.0 Å². The van der Waals surface area contributed by atoms with E-state index in [1.54, 1.807) is 0 Å². The second-order valence-corrected chi connectivity index (χ2v) is 8.34. The number of benzene rings is 1. The van der Waals surface area contributed by atoms with Crippen molar-refractivity contribution in [3.63, 3.8) is 0 Å². The number of hydrogen-bond donors (Lipinski definition) is 2. The highest BCUT2D eigenvalue weighted by atomic mass is 32.2. The number of anilines is 1. The van der Waals surface area contributed by atoms with Crippen LogP contribution in [0, 0.1) is 17.6 Å². The molecular weight excluding hydrogens is 366 g/mol. The molecule has 0 bridgehead atoms. The van der Waals surface area contributed by atoms with Crippen molar-refractivity contribution < 1.29 is 21.7 Å². The molecule has 1 aromatic carbocycles. The van der Waals surface area contributed by atoms with Crippen LogP contribution in [0.15, 0.2) is 22.7 Å². The zero-order chi connectivity index (χ0) is 18.7. The molecule has 1 aromatic heterocycles. The van der Waals surface area contributed by atoms with Crippen LogP contribution in [0.1, 0.15) is 25.7 Å². The maximum atomic E-state index is 13.8. The summed E-state index contributed by atoms with van der Waals surface area (Å²) in [5.74, 6) is -1.71. The summed E-state index contributed by atoms with van der Waals surface area (Å²) in [6.45, 7) is 0.440. The minimum atomic E-state index is -3.17. The zero-order valence-electron chi connectivity index (χ0n) is 14.2. The van der Waals surface area contributed by atoms with Crippen molar-refractivity contribution in [2.75, 3.05) is 18.1 Å². The fourth-order valence-electron chi connectivity index (χ4n) is 3.02. The fourth-order valence-corrected chi connectivity index (χ4v) is 3.56. The maximum absolute atomic E-state index is 13.8. The van der Waals surface area contributed by atoms with Gasteiger partial charge in [0.2, 0.25) is 15.8 Å². The van der Waals surface area contributed by atoms with Crippen LogP contribution in [0.25, 0.3) is 11.4 Å². The molecule has 10 heteroatoms. The van der Waals surface area contributed by atoms with Crippen LogP contribution in [0.2, 0.25) is 0 Å². The molecule has 1 aliphatic carbocycles. The van der Waals surface area contributed by atoms with Gasteiger partial charge in [0.1, 0.15) is 0 Å². The Kier molecular flexibility index (Phi) is 5.52. The molecule has 1 fully saturated rings. The van der Waals surface area contributed by atoms with Crippen molar-refractivity contribution in [2.24, 2.45) is 5.92 Å². The summed E-state index contributed by atoms with van der Waals surface area (Å²) in [7, 11) is -3.17. The molecular formula is C16H20F2N4O3S. The molecule has 0 unspecified atom stereocenters. The van der Waals surface area contributed by atoms with Gasteiger partial charge < -0.3 is 9.84 Å². The Bertz CT molecular complexity index is 864. The number of nitrogens with one attached hydrogen (secondary N) is 2. The minimum Gasteiger partial charge on any atom is -0.335 e. The lowest BCUT2D eigenvalue weighted by Crippen LogP contribution is -2.33. The maximum Gasteiger partial charge on any atom is 0.322 e. The molecule has 0 amide bonds. The van der Waals surface area contributed by atoms with E-state index in [1.165, 1.54) is 12.1 Å². The molecule has 0 aliphatic heterocycles. The van der Waals surface area contributed by atoms with Crippen LogP contribution in [0.3, 0.4) is 0 Å². The van der Waals surface area contributed by atoms with Crippen molar-refractivity contribution in [1.82, 2.24) is 14.9 Å². The summed E-state index contributed by atoms with van der Waals surface area (Å²) in [5, 5.41) is 6.80. The first-order valence-corrected chi connectivity index (χ1v) is 10.2. The number of halogens is 2. The van der Waals surface area contributed by atoms with Gasteiger partial charge in [-0.15, -0.1) is 0 Å². The lowest BCUT2D eigenvalue weighted by atomic mass is 9.86. The minimum absolute atomic E-state index is 0.0180. The van der Waals surface area contributed by atoms with E-state index >= 15 is 0 Å². The van der Waals surface area contributed by atoms with Gasteiger partial charge in [-0.25, -0.2) is 21.9 Å². The van der Waals surface area contributed by atoms with Crippen molar-refractivity contribution in [3.8, 4) is 11.4 Å². The third kappa shape index (κ3) is 4.76. The first kappa shape index (κ1) is 18.7. The first-order valence-electron chi connectivity index (χ1n) is 8.31. The molecule has 3 rings (SSSR count). The van der Waals surface area contributed by atoms with Crippen molar-refractivity contribution in [2.45, 2.75) is 31.7 Å². The molecule has 26 heavy (non-hydrogen) atoms. The number of hydrogen-bond acceptors (Lipinski definition) is 6. The standard InChI is InChI=1S/C16H20F2N4O3S/c1-26(23,24)19-9-10-5-7-11(8-6-10)20-16-21-15(22-25-16)12-3-2-4-13(17)14(12)18/h2-4,10-11,19H,5-9H2,1H3,(H,20,21,22)/t10-,11-. The SMILES string of the molecule is CS(=O)(=O)NC[C@H]1CC[C@H](Nc2nc(-c3cccc(F)c3F)no2)CC1. The summed E-state index contributed by atoms with van der Waals surface area (Å²) in [5.41, 5.74) is -0.0580. The van der Waals surface area contributed by atoms with E-state index in [-0.39, 0.29) is 23.4 Å². The second kappa shape index (κ2) is 7.67. The third-order valence-electron chi connectivity index (χ3n) is 4.43. The average Bonchev–Trinajstić information content (AvgIpc) is 3.04. The Labute approximate surface area is 150 Å². The van der Waals surface area contributed by atoms with E-state index in [0.29, 0.717) is 12.5 Å². The lowest BCUT2D eigenvalue weighted by molar-refractivity contribution is 0.330. The van der Waals surface area contributed by atoms with Gasteiger partial charge >= 0.3 is 6.01 Å². The van der Waals surface area contributed by atoms with Gasteiger partial charge in [-0.2, -0.15) is 4.98 Å². The number of rotatable bonds is 6. The number of aromatic nitrogens is 2. The van der Waals surface area contributed by atoms with Gasteiger partial charge in [-0.1, -0.05) is 11.2 Å². The molecule has 2 aromatic rings. The monoisotopic (exact) mass is 386 g/mol. The Hall–Kier alpha value is -2.07. The smallest absolute Gasteiger partial charge is 0.322 e. The summed E-state index contributed by atoms with van der Waals surface area (Å²) in [4.78, 5) is 4.08. The predicted molar refractivity (Wildman–Crippen MR) is 91.9 cm³/mol. The van der Waals surface area contributed by atoms with Gasteiger partial charge in [-0.3, -0.25) is 0 Å². The number of nitrogens with zero attached hydrogens (tertiary/aromatic N) is 2. The van der Waals surface area contributed by atoms with E-state index in [2.05, 4.69) is 20.2 Å². The van der Waals surface area contributed by atoms with E-state index < -0.39 is 21.7 Å². The Morgan fingerprint density at radius 2 is 1.96 bits per heavy atom. The highest BCUT2D eigenvalue weighted by Gasteiger charge is 2.24. The van der Waals surface area contributed by atoms with Crippen LogP contribution in [0.5, 0.6) is 0 Å². The molecule has 7 nitrogen and oxygen atoms in total. The summed E-state index contributed by atoms with van der Waals surface area (Å²) >= 11 is 0. The average molecular weight is 386 g/mol. The zero-order valence-corrected chi connectivity index (χ0v) is 15.0. The molecule has 0 spiro atoms. The van der Waals surface area contributed by atoms with Crippen LogP contribution in [-0.4, -0.2) is 37.4 Å². The van der Waals surface area contributed by atoms with Crippen molar-refractivity contribution in [3.05, 3.63) is 29.8 Å². The highest BCUT2D eigenvalue weighted by molar-refractivity contribution is 7.88. The van der Waals surface area contributed by atoms with Crippen LogP contribution >= 0.6 is 0 Å². The molecule has 1 saturated carbocycles. The Morgan fingerprint density at radius 3 is 2.65 bits per heavy atom.